The van der Waals surface area contributed by atoms with E-state index in [1.807, 2.05) is 0 Å². The summed E-state index contributed by atoms with van der Waals surface area (Å²) in [6.07, 6.45) is 1.03. The van der Waals surface area contributed by atoms with Crippen LogP contribution in [0.25, 0.3) is 0 Å². The lowest BCUT2D eigenvalue weighted by Gasteiger charge is -2.20. The van der Waals surface area contributed by atoms with Crippen molar-refractivity contribution < 1.29 is 9.53 Å². The standard InChI is InChI=1S/C12H18N2O3/c1-8-6-7-14(5)10(15)9(8)13-11(16)17-12(2,3)4/h6-7H,1-5H3,(H,13,16). The fourth-order valence-corrected chi connectivity index (χ4v) is 1.28. The summed E-state index contributed by atoms with van der Waals surface area (Å²) in [5.74, 6) is 0. The van der Waals surface area contributed by atoms with E-state index in [4.69, 9.17) is 4.74 Å². The van der Waals surface area contributed by atoms with E-state index >= 15 is 0 Å². The molecule has 5 nitrogen and oxygen atoms in total. The second-order valence-corrected chi connectivity index (χ2v) is 4.92. The Labute approximate surface area is 100 Å². The van der Waals surface area contributed by atoms with Gasteiger partial charge in [-0.25, -0.2) is 4.79 Å². The highest BCUT2D eigenvalue weighted by Gasteiger charge is 2.18. The molecule has 17 heavy (non-hydrogen) atoms. The summed E-state index contributed by atoms with van der Waals surface area (Å²) in [6, 6.07) is 1.76. The first-order chi connectivity index (χ1) is 7.70. The SMILES string of the molecule is Cc1ccn(C)c(=O)c1NC(=O)OC(C)(C)C. The Hall–Kier alpha value is -1.78. The van der Waals surface area contributed by atoms with Crippen molar-refractivity contribution in [1.29, 1.82) is 0 Å². The van der Waals surface area contributed by atoms with Gasteiger partial charge < -0.3 is 9.30 Å². The third kappa shape index (κ3) is 3.62. The average molecular weight is 238 g/mol. The molecule has 5 heteroatoms. The molecule has 0 radical (unpaired) electrons. The van der Waals surface area contributed by atoms with Crippen LogP contribution in [-0.4, -0.2) is 16.3 Å². The largest absolute Gasteiger partial charge is 0.444 e. The van der Waals surface area contributed by atoms with Gasteiger partial charge in [-0.3, -0.25) is 10.1 Å². The Morgan fingerprint density at radius 3 is 2.53 bits per heavy atom. The highest BCUT2D eigenvalue weighted by Crippen LogP contribution is 2.11. The van der Waals surface area contributed by atoms with Crippen LogP contribution in [0.2, 0.25) is 0 Å². The number of hydrogen-bond acceptors (Lipinski definition) is 3. The molecular formula is C12H18N2O3. The van der Waals surface area contributed by atoms with Gasteiger partial charge >= 0.3 is 6.09 Å². The molecule has 0 saturated carbocycles. The molecule has 0 bridgehead atoms. The van der Waals surface area contributed by atoms with Crippen LogP contribution in [0.15, 0.2) is 17.1 Å². The number of rotatable bonds is 1. The molecular weight excluding hydrogens is 220 g/mol. The minimum Gasteiger partial charge on any atom is -0.444 e. The first-order valence-corrected chi connectivity index (χ1v) is 5.37. The molecule has 1 amide bonds. The van der Waals surface area contributed by atoms with E-state index < -0.39 is 11.7 Å². The Morgan fingerprint density at radius 2 is 2.00 bits per heavy atom. The van der Waals surface area contributed by atoms with E-state index in [0.29, 0.717) is 5.56 Å². The first-order valence-electron chi connectivity index (χ1n) is 5.37. The van der Waals surface area contributed by atoms with Gasteiger partial charge in [0.2, 0.25) is 0 Å². The molecule has 1 heterocycles. The van der Waals surface area contributed by atoms with Crippen molar-refractivity contribution in [2.45, 2.75) is 33.3 Å². The summed E-state index contributed by atoms with van der Waals surface area (Å²) in [7, 11) is 1.63. The Balaban J connectivity index is 2.93. The van der Waals surface area contributed by atoms with E-state index in [9.17, 15) is 9.59 Å². The van der Waals surface area contributed by atoms with Gasteiger partial charge in [-0.05, 0) is 39.3 Å². The number of carbonyl (C=O) groups is 1. The van der Waals surface area contributed by atoms with Crippen molar-refractivity contribution in [2.24, 2.45) is 7.05 Å². The number of aryl methyl sites for hydroxylation is 2. The van der Waals surface area contributed by atoms with Gasteiger partial charge in [-0.15, -0.1) is 0 Å². The van der Waals surface area contributed by atoms with Gasteiger partial charge in [0.25, 0.3) is 5.56 Å². The molecule has 0 spiro atoms. The van der Waals surface area contributed by atoms with Gasteiger partial charge in [-0.2, -0.15) is 0 Å². The normalized spacial score (nSPS) is 11.1. The van der Waals surface area contributed by atoms with Crippen LogP contribution in [0, 0.1) is 6.92 Å². The zero-order valence-electron chi connectivity index (χ0n) is 10.8. The van der Waals surface area contributed by atoms with E-state index in [2.05, 4.69) is 5.32 Å². The minimum absolute atomic E-state index is 0.254. The zero-order valence-corrected chi connectivity index (χ0v) is 10.8. The van der Waals surface area contributed by atoms with E-state index in [1.165, 1.54) is 4.57 Å². The quantitative estimate of drug-likeness (QED) is 0.814. The van der Waals surface area contributed by atoms with Crippen LogP contribution in [0.1, 0.15) is 26.3 Å². The predicted molar refractivity (Wildman–Crippen MR) is 66.3 cm³/mol. The van der Waals surface area contributed by atoms with Crippen molar-refractivity contribution in [1.82, 2.24) is 4.57 Å². The fourth-order valence-electron chi connectivity index (χ4n) is 1.28. The van der Waals surface area contributed by atoms with Crippen LogP contribution in [0.4, 0.5) is 10.5 Å². The first kappa shape index (κ1) is 13.3. The van der Waals surface area contributed by atoms with Crippen molar-refractivity contribution in [2.75, 3.05) is 5.32 Å². The lowest BCUT2D eigenvalue weighted by molar-refractivity contribution is 0.0635. The maximum Gasteiger partial charge on any atom is 0.412 e. The molecule has 1 aromatic rings. The third-order valence-electron chi connectivity index (χ3n) is 2.10. The molecule has 94 valence electrons. The maximum atomic E-state index is 11.8. The lowest BCUT2D eigenvalue weighted by atomic mass is 10.2. The van der Waals surface area contributed by atoms with Crippen LogP contribution in [0.3, 0.4) is 0 Å². The van der Waals surface area contributed by atoms with Crippen LogP contribution < -0.4 is 10.9 Å². The van der Waals surface area contributed by atoms with E-state index in [1.54, 1.807) is 47.0 Å². The van der Waals surface area contributed by atoms with Gasteiger partial charge in [0.05, 0.1) is 0 Å². The molecule has 1 N–H and O–H groups in total. The minimum atomic E-state index is -0.621. The zero-order chi connectivity index (χ0) is 13.2. The molecule has 0 fully saturated rings. The molecule has 0 aliphatic rings. The molecule has 0 saturated heterocycles. The van der Waals surface area contributed by atoms with Gasteiger partial charge in [0, 0.05) is 13.2 Å². The highest BCUT2D eigenvalue weighted by atomic mass is 16.6. The van der Waals surface area contributed by atoms with Crippen molar-refractivity contribution in [3.05, 3.63) is 28.2 Å². The monoisotopic (exact) mass is 238 g/mol. The van der Waals surface area contributed by atoms with Crippen LogP contribution in [-0.2, 0) is 11.8 Å². The number of anilines is 1. The second-order valence-electron chi connectivity index (χ2n) is 4.92. The maximum absolute atomic E-state index is 11.8. The van der Waals surface area contributed by atoms with Gasteiger partial charge in [0.15, 0.2) is 0 Å². The number of amides is 1. The van der Waals surface area contributed by atoms with Crippen molar-refractivity contribution in [3.8, 4) is 0 Å². The number of carbonyl (C=O) groups excluding carboxylic acids is 1. The van der Waals surface area contributed by atoms with Crippen LogP contribution >= 0.6 is 0 Å². The van der Waals surface area contributed by atoms with E-state index in [0.717, 1.165) is 0 Å². The summed E-state index contributed by atoms with van der Waals surface area (Å²) in [6.45, 7) is 7.06. The average Bonchev–Trinajstić information content (AvgIpc) is 2.16. The Kier molecular flexibility index (Phi) is 3.60. The van der Waals surface area contributed by atoms with Gasteiger partial charge in [0.1, 0.15) is 11.3 Å². The smallest absolute Gasteiger partial charge is 0.412 e. The number of ether oxygens (including phenoxy) is 1. The fraction of sp³-hybridized carbons (Fsp3) is 0.500. The molecule has 0 aliphatic heterocycles. The summed E-state index contributed by atoms with van der Waals surface area (Å²) in [5, 5.41) is 2.48. The van der Waals surface area contributed by atoms with Crippen molar-refractivity contribution >= 4 is 11.8 Å². The van der Waals surface area contributed by atoms with Crippen LogP contribution in [0.5, 0.6) is 0 Å². The summed E-state index contributed by atoms with van der Waals surface area (Å²) in [4.78, 5) is 23.3. The van der Waals surface area contributed by atoms with Crippen molar-refractivity contribution in [3.63, 3.8) is 0 Å². The number of pyridine rings is 1. The molecule has 1 rings (SSSR count). The summed E-state index contributed by atoms with van der Waals surface area (Å²) >= 11 is 0. The molecule has 0 atom stereocenters. The van der Waals surface area contributed by atoms with E-state index in [-0.39, 0.29) is 11.2 Å². The topological polar surface area (TPSA) is 60.3 Å². The Bertz CT molecular complexity index is 484. The molecule has 0 unspecified atom stereocenters. The highest BCUT2D eigenvalue weighted by molar-refractivity contribution is 5.85. The lowest BCUT2D eigenvalue weighted by Crippen LogP contribution is -2.30. The predicted octanol–water partition coefficient (Wildman–Crippen LogP) is 2.04. The molecule has 1 aromatic heterocycles. The number of nitrogens with one attached hydrogen (secondary N) is 1. The second kappa shape index (κ2) is 4.61. The Morgan fingerprint density at radius 1 is 1.41 bits per heavy atom. The number of nitrogens with zero attached hydrogens (tertiary/aromatic N) is 1. The van der Waals surface area contributed by atoms with Gasteiger partial charge in [-0.1, -0.05) is 0 Å². The third-order valence-corrected chi connectivity index (χ3v) is 2.10. The molecule has 0 aliphatic carbocycles. The summed E-state index contributed by atoms with van der Waals surface area (Å²) < 4.78 is 6.50. The number of hydrogen-bond donors (Lipinski definition) is 1. The molecule has 0 aromatic carbocycles. The number of aromatic nitrogens is 1. The summed E-state index contributed by atoms with van der Waals surface area (Å²) in [5.41, 5.74) is 0.122.